The number of ether oxygens (including phenoxy) is 1. The van der Waals surface area contributed by atoms with E-state index in [1.54, 1.807) is 34.6 Å². The molecule has 1 unspecified atom stereocenters. The monoisotopic (exact) mass is 252 g/mol. The summed E-state index contributed by atoms with van der Waals surface area (Å²) in [6, 6.07) is 0. The lowest BCUT2D eigenvalue weighted by atomic mass is 9.89. The van der Waals surface area contributed by atoms with Crippen LogP contribution in [0.15, 0.2) is 16.4 Å². The number of nitrogens with zero attached hydrogens (tertiary/aromatic N) is 1. The molecule has 5 heteroatoms. The molecule has 0 amide bonds. The lowest BCUT2D eigenvalue weighted by molar-refractivity contribution is -0.156. The van der Waals surface area contributed by atoms with Crippen LogP contribution in [0, 0.1) is 5.92 Å². The van der Waals surface area contributed by atoms with Crippen LogP contribution in [0.5, 0.6) is 0 Å². The standard InChI is InChI=1S/C13H20N2O3/c1-7-10(9(3)16)11(8(2)15-14-7)12(17)18-13(4,5)6/h11,14H,1-6H3. The van der Waals surface area contributed by atoms with Gasteiger partial charge in [-0.05, 0) is 41.5 Å². The summed E-state index contributed by atoms with van der Waals surface area (Å²) in [5, 5.41) is 4.03. The minimum atomic E-state index is -0.706. The highest BCUT2D eigenvalue weighted by molar-refractivity contribution is 6.13. The van der Waals surface area contributed by atoms with Gasteiger partial charge in [-0.1, -0.05) is 0 Å². The third-order valence-corrected chi connectivity index (χ3v) is 2.53. The van der Waals surface area contributed by atoms with Crippen molar-refractivity contribution in [2.24, 2.45) is 11.0 Å². The fourth-order valence-electron chi connectivity index (χ4n) is 1.84. The van der Waals surface area contributed by atoms with E-state index in [0.29, 0.717) is 17.0 Å². The zero-order valence-electron chi connectivity index (χ0n) is 11.7. The predicted octanol–water partition coefficient (Wildman–Crippen LogP) is 1.79. The maximum atomic E-state index is 12.2. The van der Waals surface area contributed by atoms with Gasteiger partial charge in [0, 0.05) is 11.3 Å². The summed E-state index contributed by atoms with van der Waals surface area (Å²) in [5.74, 6) is -1.29. The molecule has 0 saturated carbocycles. The summed E-state index contributed by atoms with van der Waals surface area (Å²) >= 11 is 0. The fraction of sp³-hybridized carbons (Fsp3) is 0.615. The van der Waals surface area contributed by atoms with Gasteiger partial charge in [0.15, 0.2) is 5.78 Å². The lowest BCUT2D eigenvalue weighted by Gasteiger charge is -2.27. The third kappa shape index (κ3) is 3.18. The Morgan fingerprint density at radius 2 is 1.83 bits per heavy atom. The van der Waals surface area contributed by atoms with Crippen LogP contribution < -0.4 is 5.43 Å². The van der Waals surface area contributed by atoms with E-state index in [1.165, 1.54) is 6.92 Å². The largest absolute Gasteiger partial charge is 0.459 e. The van der Waals surface area contributed by atoms with Crippen LogP contribution in [-0.4, -0.2) is 23.1 Å². The SMILES string of the molecule is CC(=O)C1=C(C)NN=C(C)C1C(=O)OC(C)(C)C. The Bertz CT molecular complexity index is 442. The van der Waals surface area contributed by atoms with Gasteiger partial charge in [0.05, 0.1) is 5.71 Å². The van der Waals surface area contributed by atoms with Crippen LogP contribution in [0.1, 0.15) is 41.5 Å². The van der Waals surface area contributed by atoms with Crippen molar-refractivity contribution in [1.82, 2.24) is 5.43 Å². The first kappa shape index (κ1) is 14.4. The van der Waals surface area contributed by atoms with Crippen LogP contribution in [0.4, 0.5) is 0 Å². The molecule has 0 aromatic heterocycles. The normalized spacial score (nSPS) is 20.1. The molecule has 1 aliphatic rings. The maximum Gasteiger partial charge on any atom is 0.319 e. The Morgan fingerprint density at radius 1 is 1.28 bits per heavy atom. The van der Waals surface area contributed by atoms with E-state index in [1.807, 2.05) is 0 Å². The van der Waals surface area contributed by atoms with E-state index in [9.17, 15) is 9.59 Å². The number of Topliss-reactive ketones (excluding diaryl/α,β-unsaturated/α-hetero) is 1. The Hall–Kier alpha value is -1.65. The summed E-state index contributed by atoms with van der Waals surface area (Å²) in [4.78, 5) is 23.8. The number of hydrogen-bond acceptors (Lipinski definition) is 5. The quantitative estimate of drug-likeness (QED) is 0.761. The van der Waals surface area contributed by atoms with Crippen molar-refractivity contribution in [2.75, 3.05) is 0 Å². The van der Waals surface area contributed by atoms with Crippen molar-refractivity contribution >= 4 is 17.5 Å². The molecule has 0 radical (unpaired) electrons. The molecule has 0 aliphatic carbocycles. The van der Waals surface area contributed by atoms with Gasteiger partial charge >= 0.3 is 5.97 Å². The van der Waals surface area contributed by atoms with Crippen LogP contribution in [0.2, 0.25) is 0 Å². The average molecular weight is 252 g/mol. The Kier molecular flexibility index (Phi) is 3.94. The number of rotatable bonds is 2. The van der Waals surface area contributed by atoms with Gasteiger partial charge in [-0.3, -0.25) is 15.0 Å². The van der Waals surface area contributed by atoms with Crippen molar-refractivity contribution in [3.8, 4) is 0 Å². The van der Waals surface area contributed by atoms with Crippen LogP contribution in [0.25, 0.3) is 0 Å². The molecular formula is C13H20N2O3. The van der Waals surface area contributed by atoms with Gasteiger partial charge in [-0.25, -0.2) is 0 Å². The molecule has 5 nitrogen and oxygen atoms in total. The Morgan fingerprint density at radius 3 is 2.28 bits per heavy atom. The van der Waals surface area contributed by atoms with Gasteiger partial charge in [-0.2, -0.15) is 5.10 Å². The molecule has 1 N–H and O–H groups in total. The number of allylic oxidation sites excluding steroid dienone is 1. The van der Waals surface area contributed by atoms with E-state index >= 15 is 0 Å². The lowest BCUT2D eigenvalue weighted by Crippen LogP contribution is -2.38. The summed E-state index contributed by atoms with van der Waals surface area (Å²) in [6.45, 7) is 10.3. The first-order valence-electron chi connectivity index (χ1n) is 5.88. The van der Waals surface area contributed by atoms with E-state index in [2.05, 4.69) is 10.5 Å². The molecule has 1 aliphatic heterocycles. The van der Waals surface area contributed by atoms with Crippen LogP contribution in [0.3, 0.4) is 0 Å². The van der Waals surface area contributed by atoms with E-state index in [4.69, 9.17) is 4.74 Å². The van der Waals surface area contributed by atoms with Gasteiger partial charge < -0.3 is 4.74 Å². The molecule has 0 bridgehead atoms. The minimum absolute atomic E-state index is 0.148. The third-order valence-electron chi connectivity index (χ3n) is 2.53. The highest BCUT2D eigenvalue weighted by atomic mass is 16.6. The van der Waals surface area contributed by atoms with Crippen LogP contribution in [-0.2, 0) is 14.3 Å². The van der Waals surface area contributed by atoms with Crippen molar-refractivity contribution < 1.29 is 14.3 Å². The minimum Gasteiger partial charge on any atom is -0.459 e. The molecule has 100 valence electrons. The van der Waals surface area contributed by atoms with Crippen molar-refractivity contribution in [2.45, 2.75) is 47.1 Å². The molecule has 0 saturated heterocycles. The number of esters is 1. The Labute approximate surface area is 107 Å². The van der Waals surface area contributed by atoms with Crippen molar-refractivity contribution in [3.05, 3.63) is 11.3 Å². The van der Waals surface area contributed by atoms with Gasteiger partial charge in [-0.15, -0.1) is 0 Å². The first-order valence-corrected chi connectivity index (χ1v) is 5.88. The molecule has 1 heterocycles. The predicted molar refractivity (Wildman–Crippen MR) is 69.0 cm³/mol. The number of hydrogen-bond donors (Lipinski definition) is 1. The average Bonchev–Trinajstić information content (AvgIpc) is 2.17. The van der Waals surface area contributed by atoms with E-state index in [0.717, 1.165) is 0 Å². The summed E-state index contributed by atoms with van der Waals surface area (Å²) in [6.07, 6.45) is 0. The smallest absolute Gasteiger partial charge is 0.319 e. The number of nitrogens with one attached hydrogen (secondary N) is 1. The van der Waals surface area contributed by atoms with E-state index in [-0.39, 0.29) is 5.78 Å². The Balaban J connectivity index is 3.09. The first-order chi connectivity index (χ1) is 8.13. The number of carbonyl (C=O) groups is 2. The molecule has 0 aromatic carbocycles. The number of carbonyl (C=O) groups excluding carboxylic acids is 2. The van der Waals surface area contributed by atoms with E-state index < -0.39 is 17.5 Å². The molecule has 18 heavy (non-hydrogen) atoms. The molecule has 1 rings (SSSR count). The fourth-order valence-corrected chi connectivity index (χ4v) is 1.84. The molecular weight excluding hydrogens is 232 g/mol. The zero-order chi connectivity index (χ0) is 14.1. The molecule has 0 spiro atoms. The molecule has 1 atom stereocenters. The van der Waals surface area contributed by atoms with Crippen LogP contribution >= 0.6 is 0 Å². The van der Waals surface area contributed by atoms with Gasteiger partial charge in [0.1, 0.15) is 11.5 Å². The second-order valence-electron chi connectivity index (χ2n) is 5.43. The molecule has 0 aromatic rings. The summed E-state index contributed by atoms with van der Waals surface area (Å²) in [5.41, 5.74) is 3.73. The van der Waals surface area contributed by atoms with Crippen molar-refractivity contribution in [3.63, 3.8) is 0 Å². The molecule has 0 fully saturated rings. The zero-order valence-corrected chi connectivity index (χ0v) is 11.7. The maximum absolute atomic E-state index is 12.2. The summed E-state index contributed by atoms with van der Waals surface area (Å²) in [7, 11) is 0. The second kappa shape index (κ2) is 4.92. The topological polar surface area (TPSA) is 67.8 Å². The highest BCUT2D eigenvalue weighted by Crippen LogP contribution is 2.24. The number of ketones is 1. The van der Waals surface area contributed by atoms with Gasteiger partial charge in [0.2, 0.25) is 0 Å². The highest BCUT2D eigenvalue weighted by Gasteiger charge is 2.35. The van der Waals surface area contributed by atoms with Crippen molar-refractivity contribution in [1.29, 1.82) is 0 Å². The van der Waals surface area contributed by atoms with Gasteiger partial charge in [0.25, 0.3) is 0 Å². The number of hydrazone groups is 1. The second-order valence-corrected chi connectivity index (χ2v) is 5.43. The summed E-state index contributed by atoms with van der Waals surface area (Å²) < 4.78 is 5.34.